The molecule has 4 rings (SSSR count). The largest absolute Gasteiger partial charge is 0.390 e. The van der Waals surface area contributed by atoms with E-state index in [2.05, 4.69) is 0 Å². The summed E-state index contributed by atoms with van der Waals surface area (Å²) in [6, 6.07) is 0. The monoisotopic (exact) mass is 480 g/mol. The topological polar surface area (TPSA) is 138 Å². The van der Waals surface area contributed by atoms with Gasteiger partial charge in [-0.3, -0.25) is 4.79 Å². The third kappa shape index (κ3) is 3.73. The lowest BCUT2D eigenvalue weighted by Gasteiger charge is -2.60. The van der Waals surface area contributed by atoms with Gasteiger partial charge in [-0.05, 0) is 101 Å². The van der Waals surface area contributed by atoms with Crippen molar-refractivity contribution in [3.8, 4) is 0 Å². The van der Waals surface area contributed by atoms with Gasteiger partial charge in [0.2, 0.25) is 0 Å². The lowest BCUT2D eigenvalue weighted by molar-refractivity contribution is -0.177. The summed E-state index contributed by atoms with van der Waals surface area (Å²) in [7, 11) is 0. The maximum atomic E-state index is 13.2. The van der Waals surface area contributed by atoms with Crippen LogP contribution in [-0.4, -0.2) is 71.5 Å². The normalized spacial score (nSPS) is 47.2. The Morgan fingerprint density at radius 1 is 1.06 bits per heavy atom. The number of rotatable bonds is 5. The summed E-state index contributed by atoms with van der Waals surface area (Å²) >= 11 is 0. The van der Waals surface area contributed by atoms with Gasteiger partial charge in [0.1, 0.15) is 0 Å². The molecule has 0 heterocycles. The second kappa shape index (κ2) is 8.09. The molecule has 0 saturated heterocycles. The van der Waals surface area contributed by atoms with E-state index in [9.17, 15) is 35.4 Å². The molecule has 3 fully saturated rings. The average molecular weight is 481 g/mol. The Bertz CT molecular complexity index is 860. The van der Waals surface area contributed by atoms with E-state index >= 15 is 0 Å². The Hall–Kier alpha value is -0.830. The van der Waals surface area contributed by atoms with Crippen LogP contribution in [-0.2, 0) is 4.79 Å². The highest BCUT2D eigenvalue weighted by Gasteiger charge is 2.69. The van der Waals surface area contributed by atoms with Crippen LogP contribution in [0.3, 0.4) is 0 Å². The molecule has 0 spiro atoms. The maximum Gasteiger partial charge on any atom is 0.159 e. The molecule has 34 heavy (non-hydrogen) atoms. The van der Waals surface area contributed by atoms with Gasteiger partial charge in [-0.25, -0.2) is 0 Å². The van der Waals surface area contributed by atoms with Crippen LogP contribution in [0.1, 0.15) is 86.0 Å². The number of carbonyl (C=O) groups is 1. The quantitative estimate of drug-likeness (QED) is 0.353. The van der Waals surface area contributed by atoms with Crippen LogP contribution in [0, 0.1) is 28.6 Å². The molecule has 0 bridgehead atoms. The van der Waals surface area contributed by atoms with Gasteiger partial charge in [0.05, 0.1) is 35.1 Å². The van der Waals surface area contributed by atoms with Gasteiger partial charge in [0.15, 0.2) is 5.78 Å². The molecule has 3 saturated carbocycles. The van der Waals surface area contributed by atoms with Crippen LogP contribution in [0.25, 0.3) is 0 Å². The molecular formula is C27H44O7. The Kier molecular flexibility index (Phi) is 6.24. The van der Waals surface area contributed by atoms with Crippen LogP contribution in [0.4, 0.5) is 0 Å². The number of hydrogen-bond acceptors (Lipinski definition) is 7. The maximum absolute atomic E-state index is 13.2. The molecule has 0 aromatic heterocycles. The van der Waals surface area contributed by atoms with Crippen molar-refractivity contribution in [2.24, 2.45) is 28.6 Å². The third-order valence-electron chi connectivity index (χ3n) is 10.5. The SMILES string of the molecule is CC(C)(O)CC[C@@H](O)[C@](C)(O)[C@H]1CC[C@@]2(O)C3=CC(=O)[C@@H]4C[C@H](O)[C@H](O)C[C@]4(C)[C@H]3CC[C@]12C. The minimum atomic E-state index is -1.46. The van der Waals surface area contributed by atoms with Gasteiger partial charge in [-0.15, -0.1) is 0 Å². The summed E-state index contributed by atoms with van der Waals surface area (Å²) in [5.74, 6) is -0.948. The highest BCUT2D eigenvalue weighted by molar-refractivity contribution is 5.95. The first-order valence-corrected chi connectivity index (χ1v) is 12.9. The molecule has 7 nitrogen and oxygen atoms in total. The van der Waals surface area contributed by atoms with Crippen LogP contribution in [0.2, 0.25) is 0 Å². The molecule has 4 aliphatic rings. The second-order valence-electron chi connectivity index (χ2n) is 13.2. The van der Waals surface area contributed by atoms with Gasteiger partial charge >= 0.3 is 0 Å². The number of allylic oxidation sites excluding steroid dienone is 1. The zero-order chi connectivity index (χ0) is 25.5. The van der Waals surface area contributed by atoms with Crippen molar-refractivity contribution >= 4 is 5.78 Å². The Morgan fingerprint density at radius 2 is 1.71 bits per heavy atom. The van der Waals surface area contributed by atoms with Gasteiger partial charge in [-0.2, -0.15) is 0 Å². The van der Waals surface area contributed by atoms with E-state index in [0.717, 1.165) is 0 Å². The Balaban J connectivity index is 1.66. The molecule has 0 radical (unpaired) electrons. The van der Waals surface area contributed by atoms with Crippen molar-refractivity contribution in [2.75, 3.05) is 0 Å². The van der Waals surface area contributed by atoms with Crippen LogP contribution in [0.15, 0.2) is 11.6 Å². The Labute approximate surface area is 202 Å². The fourth-order valence-electron chi connectivity index (χ4n) is 8.32. The predicted molar refractivity (Wildman–Crippen MR) is 127 cm³/mol. The third-order valence-corrected chi connectivity index (χ3v) is 10.5. The summed E-state index contributed by atoms with van der Waals surface area (Å²) in [5.41, 5.74) is -4.27. The van der Waals surface area contributed by atoms with Crippen LogP contribution >= 0.6 is 0 Å². The number of ketones is 1. The molecule has 0 unspecified atom stereocenters. The highest BCUT2D eigenvalue weighted by Crippen LogP contribution is 2.68. The van der Waals surface area contributed by atoms with E-state index in [0.29, 0.717) is 44.1 Å². The van der Waals surface area contributed by atoms with E-state index in [4.69, 9.17) is 0 Å². The Morgan fingerprint density at radius 3 is 2.32 bits per heavy atom. The molecular weight excluding hydrogens is 436 g/mol. The molecule has 7 heteroatoms. The van der Waals surface area contributed by atoms with E-state index in [1.54, 1.807) is 26.8 Å². The van der Waals surface area contributed by atoms with E-state index < -0.39 is 45.9 Å². The summed E-state index contributed by atoms with van der Waals surface area (Å²) < 4.78 is 0. The van der Waals surface area contributed by atoms with Crippen LogP contribution < -0.4 is 0 Å². The smallest absolute Gasteiger partial charge is 0.159 e. The molecule has 6 N–H and O–H groups in total. The lowest BCUT2D eigenvalue weighted by Crippen LogP contribution is -2.62. The molecule has 0 aromatic carbocycles. The number of carbonyl (C=O) groups excluding carboxylic acids is 1. The van der Waals surface area contributed by atoms with Crippen molar-refractivity contribution < 1.29 is 35.4 Å². The minimum absolute atomic E-state index is 0.0840. The van der Waals surface area contributed by atoms with Gasteiger partial charge in [-0.1, -0.05) is 13.8 Å². The van der Waals surface area contributed by atoms with Crippen molar-refractivity contribution in [3.63, 3.8) is 0 Å². The summed E-state index contributed by atoms with van der Waals surface area (Å²) in [5, 5.41) is 65.5. The molecule has 4 aliphatic carbocycles. The number of fused-ring (bicyclic) bond motifs is 5. The summed E-state index contributed by atoms with van der Waals surface area (Å²) in [6.07, 6.45) is 2.11. The number of hydrogen-bond donors (Lipinski definition) is 6. The van der Waals surface area contributed by atoms with E-state index in [-0.39, 0.29) is 36.4 Å². The van der Waals surface area contributed by atoms with Crippen molar-refractivity contribution in [3.05, 3.63) is 11.6 Å². The first kappa shape index (κ1) is 26.2. The highest BCUT2D eigenvalue weighted by atomic mass is 16.3. The van der Waals surface area contributed by atoms with Crippen molar-refractivity contribution in [1.29, 1.82) is 0 Å². The van der Waals surface area contributed by atoms with Gasteiger partial charge in [0.25, 0.3) is 0 Å². The zero-order valence-electron chi connectivity index (χ0n) is 21.3. The van der Waals surface area contributed by atoms with Gasteiger partial charge < -0.3 is 30.6 Å². The van der Waals surface area contributed by atoms with Crippen LogP contribution in [0.5, 0.6) is 0 Å². The summed E-state index contributed by atoms with van der Waals surface area (Å²) in [6.45, 7) is 8.96. The molecule has 0 aliphatic heterocycles. The zero-order valence-corrected chi connectivity index (χ0v) is 21.3. The molecule has 194 valence electrons. The first-order chi connectivity index (χ1) is 15.5. The van der Waals surface area contributed by atoms with E-state index in [1.807, 2.05) is 13.8 Å². The van der Waals surface area contributed by atoms with Crippen molar-refractivity contribution in [1.82, 2.24) is 0 Å². The number of aliphatic hydroxyl groups is 6. The summed E-state index contributed by atoms with van der Waals surface area (Å²) in [4.78, 5) is 13.2. The molecule has 0 amide bonds. The van der Waals surface area contributed by atoms with E-state index in [1.165, 1.54) is 0 Å². The van der Waals surface area contributed by atoms with Gasteiger partial charge in [0, 0.05) is 11.3 Å². The molecule has 10 atom stereocenters. The second-order valence-corrected chi connectivity index (χ2v) is 13.2. The number of aliphatic hydroxyl groups excluding tert-OH is 3. The predicted octanol–water partition coefficient (Wildman–Crippen LogP) is 1.85. The lowest BCUT2D eigenvalue weighted by atomic mass is 9.45. The minimum Gasteiger partial charge on any atom is -0.390 e. The first-order valence-electron chi connectivity index (χ1n) is 12.9. The molecule has 0 aromatic rings. The fraction of sp³-hybridized carbons (Fsp3) is 0.889. The van der Waals surface area contributed by atoms with Crippen molar-refractivity contribution in [2.45, 2.75) is 121 Å². The fourth-order valence-corrected chi connectivity index (χ4v) is 8.32. The average Bonchev–Trinajstić information content (AvgIpc) is 3.00. The standard InChI is InChI=1S/C27H44O7/c1-23(2,32)9-8-22(31)26(5,33)21-7-11-27(34)16-12-18(28)17-13-19(29)20(30)14-24(17,3)15(16)6-10-25(21,27)4/h12,15,17,19-22,29-34H,6-11,13-14H2,1-5H3/t15-,17-,19-,20+,21-,22+,24+,25+,26+,27+/m0/s1.